The average molecular weight is 178 g/mol. The number of benzene rings is 1. The molecular formula is C12H15F. The molecule has 0 radical (unpaired) electrons. The molecule has 0 aliphatic heterocycles. The summed E-state index contributed by atoms with van der Waals surface area (Å²) in [7, 11) is 0. The van der Waals surface area contributed by atoms with Crippen LogP contribution in [0.1, 0.15) is 49.7 Å². The van der Waals surface area contributed by atoms with Gasteiger partial charge in [0, 0.05) is 0 Å². The second-order valence-electron chi connectivity index (χ2n) is 4.21. The Balaban J connectivity index is 2.36. The molecule has 2 rings (SSSR count). The largest absolute Gasteiger partial charge is 0.207 e. The second kappa shape index (κ2) is 3.13. The summed E-state index contributed by atoms with van der Waals surface area (Å²) in [6.45, 7) is 4.07. The van der Waals surface area contributed by atoms with Crippen LogP contribution < -0.4 is 0 Å². The second-order valence-corrected chi connectivity index (χ2v) is 4.21. The molecule has 0 N–H and O–H groups in total. The van der Waals surface area contributed by atoms with Crippen LogP contribution in [0.15, 0.2) is 18.2 Å². The highest BCUT2D eigenvalue weighted by atomic mass is 19.1. The fourth-order valence-electron chi connectivity index (χ4n) is 1.68. The molecule has 1 heteroatoms. The fraction of sp³-hybridized carbons (Fsp3) is 0.500. The van der Waals surface area contributed by atoms with Crippen LogP contribution in [-0.4, -0.2) is 0 Å². The molecule has 1 fully saturated rings. The molecule has 0 saturated heterocycles. The maximum atomic E-state index is 13.3. The quantitative estimate of drug-likeness (QED) is 0.645. The molecule has 70 valence electrons. The number of rotatable bonds is 2. The number of hydrogen-bond donors (Lipinski definition) is 0. The minimum absolute atomic E-state index is 0.0561. The lowest BCUT2D eigenvalue weighted by Crippen LogP contribution is -1.94. The van der Waals surface area contributed by atoms with E-state index in [2.05, 4.69) is 0 Å². The molecule has 1 saturated carbocycles. The van der Waals surface area contributed by atoms with Gasteiger partial charge in [0.05, 0.1) is 0 Å². The van der Waals surface area contributed by atoms with Gasteiger partial charge in [-0.1, -0.05) is 26.0 Å². The Bertz CT molecular complexity index is 311. The maximum Gasteiger partial charge on any atom is 0.126 e. The molecular weight excluding hydrogens is 163 g/mol. The smallest absolute Gasteiger partial charge is 0.126 e. The molecule has 0 aromatic heterocycles. The normalized spacial score (nSPS) is 16.6. The standard InChI is InChI=1S/C12H15F/c1-8(2)11-7-10(9-3-4-9)5-6-12(11)13/h5-9H,3-4H2,1-2H3. The highest BCUT2D eigenvalue weighted by molar-refractivity contribution is 5.31. The Morgan fingerprint density at radius 2 is 2.00 bits per heavy atom. The predicted octanol–water partition coefficient (Wildman–Crippen LogP) is 3.83. The van der Waals surface area contributed by atoms with Gasteiger partial charge < -0.3 is 0 Å². The zero-order valence-corrected chi connectivity index (χ0v) is 8.18. The summed E-state index contributed by atoms with van der Waals surface area (Å²) in [6, 6.07) is 5.58. The van der Waals surface area contributed by atoms with Gasteiger partial charge in [-0.2, -0.15) is 0 Å². The molecule has 0 bridgehead atoms. The molecule has 1 aromatic carbocycles. The molecule has 1 aliphatic carbocycles. The molecule has 13 heavy (non-hydrogen) atoms. The molecule has 0 nitrogen and oxygen atoms in total. The zero-order chi connectivity index (χ0) is 9.42. The molecule has 0 atom stereocenters. The van der Waals surface area contributed by atoms with Gasteiger partial charge in [0.15, 0.2) is 0 Å². The lowest BCUT2D eigenvalue weighted by atomic mass is 9.98. The van der Waals surface area contributed by atoms with Crippen LogP contribution in [0.4, 0.5) is 4.39 Å². The van der Waals surface area contributed by atoms with Crippen molar-refractivity contribution < 1.29 is 4.39 Å². The van der Waals surface area contributed by atoms with E-state index < -0.39 is 0 Å². The Morgan fingerprint density at radius 1 is 1.31 bits per heavy atom. The van der Waals surface area contributed by atoms with Crippen molar-refractivity contribution in [2.45, 2.75) is 38.5 Å². The number of hydrogen-bond acceptors (Lipinski definition) is 0. The topological polar surface area (TPSA) is 0 Å². The van der Waals surface area contributed by atoms with Gasteiger partial charge in [0.1, 0.15) is 5.82 Å². The highest BCUT2D eigenvalue weighted by Gasteiger charge is 2.24. The van der Waals surface area contributed by atoms with Crippen molar-refractivity contribution in [2.24, 2.45) is 0 Å². The van der Waals surface area contributed by atoms with Crippen molar-refractivity contribution in [3.05, 3.63) is 35.1 Å². The Kier molecular flexibility index (Phi) is 2.10. The first-order valence-corrected chi connectivity index (χ1v) is 4.98. The van der Waals surface area contributed by atoms with E-state index in [1.54, 1.807) is 6.07 Å². The molecule has 0 amide bonds. The van der Waals surface area contributed by atoms with Crippen LogP contribution in [0.2, 0.25) is 0 Å². The molecule has 1 aliphatic rings. The molecule has 0 spiro atoms. The van der Waals surface area contributed by atoms with E-state index in [1.807, 2.05) is 26.0 Å². The lowest BCUT2D eigenvalue weighted by molar-refractivity contribution is 0.597. The molecule has 1 aromatic rings. The number of halogens is 1. The summed E-state index contributed by atoms with van der Waals surface area (Å²) >= 11 is 0. The van der Waals surface area contributed by atoms with Crippen molar-refractivity contribution in [1.82, 2.24) is 0 Å². The summed E-state index contributed by atoms with van der Waals surface area (Å²) in [5, 5.41) is 0. The Morgan fingerprint density at radius 3 is 2.54 bits per heavy atom. The van der Waals surface area contributed by atoms with Gasteiger partial charge in [-0.25, -0.2) is 4.39 Å². The van der Waals surface area contributed by atoms with Crippen LogP contribution in [0.25, 0.3) is 0 Å². The first kappa shape index (κ1) is 8.74. The summed E-state index contributed by atoms with van der Waals surface area (Å²) in [5.41, 5.74) is 2.19. The van der Waals surface area contributed by atoms with Gasteiger partial charge in [-0.3, -0.25) is 0 Å². The third-order valence-electron chi connectivity index (χ3n) is 2.69. The van der Waals surface area contributed by atoms with Gasteiger partial charge in [0.2, 0.25) is 0 Å². The van der Waals surface area contributed by atoms with E-state index in [-0.39, 0.29) is 5.82 Å². The van der Waals surface area contributed by atoms with Crippen LogP contribution >= 0.6 is 0 Å². The summed E-state index contributed by atoms with van der Waals surface area (Å²) in [5.74, 6) is 0.955. The van der Waals surface area contributed by atoms with E-state index in [0.717, 1.165) is 11.5 Å². The van der Waals surface area contributed by atoms with Gasteiger partial charge in [-0.15, -0.1) is 0 Å². The summed E-state index contributed by atoms with van der Waals surface area (Å²) in [6.07, 6.45) is 2.56. The van der Waals surface area contributed by atoms with E-state index >= 15 is 0 Å². The maximum absolute atomic E-state index is 13.3. The van der Waals surface area contributed by atoms with Gasteiger partial charge in [0.25, 0.3) is 0 Å². The lowest BCUT2D eigenvalue weighted by Gasteiger charge is -2.08. The van der Waals surface area contributed by atoms with Crippen LogP contribution in [0, 0.1) is 5.82 Å². The fourth-order valence-corrected chi connectivity index (χ4v) is 1.68. The highest BCUT2D eigenvalue weighted by Crippen LogP contribution is 2.41. The van der Waals surface area contributed by atoms with Gasteiger partial charge >= 0.3 is 0 Å². The van der Waals surface area contributed by atoms with E-state index in [9.17, 15) is 4.39 Å². The van der Waals surface area contributed by atoms with E-state index in [4.69, 9.17) is 0 Å². The van der Waals surface area contributed by atoms with Crippen molar-refractivity contribution >= 4 is 0 Å². The Labute approximate surface area is 78.8 Å². The first-order chi connectivity index (χ1) is 6.18. The summed E-state index contributed by atoms with van der Waals surface area (Å²) in [4.78, 5) is 0. The van der Waals surface area contributed by atoms with Crippen molar-refractivity contribution in [3.63, 3.8) is 0 Å². The minimum Gasteiger partial charge on any atom is -0.207 e. The van der Waals surface area contributed by atoms with Crippen LogP contribution in [-0.2, 0) is 0 Å². The zero-order valence-electron chi connectivity index (χ0n) is 8.18. The first-order valence-electron chi connectivity index (χ1n) is 4.98. The van der Waals surface area contributed by atoms with Crippen LogP contribution in [0.5, 0.6) is 0 Å². The third kappa shape index (κ3) is 1.74. The monoisotopic (exact) mass is 178 g/mol. The van der Waals surface area contributed by atoms with Gasteiger partial charge in [-0.05, 0) is 41.9 Å². The minimum atomic E-state index is -0.0561. The SMILES string of the molecule is CC(C)c1cc(C2CC2)ccc1F. The van der Waals surface area contributed by atoms with Crippen LogP contribution in [0.3, 0.4) is 0 Å². The summed E-state index contributed by atoms with van der Waals surface area (Å²) < 4.78 is 13.3. The third-order valence-corrected chi connectivity index (χ3v) is 2.69. The van der Waals surface area contributed by atoms with Crippen molar-refractivity contribution in [2.75, 3.05) is 0 Å². The Hall–Kier alpha value is -0.850. The average Bonchev–Trinajstić information content (AvgIpc) is 2.87. The van der Waals surface area contributed by atoms with Crippen molar-refractivity contribution in [3.8, 4) is 0 Å². The van der Waals surface area contributed by atoms with E-state index in [0.29, 0.717) is 5.92 Å². The molecule has 0 unspecified atom stereocenters. The molecule has 0 heterocycles. The van der Waals surface area contributed by atoms with Crippen molar-refractivity contribution in [1.29, 1.82) is 0 Å². The predicted molar refractivity (Wildman–Crippen MR) is 52.5 cm³/mol. The van der Waals surface area contributed by atoms with E-state index in [1.165, 1.54) is 18.4 Å².